The first-order valence-corrected chi connectivity index (χ1v) is 12.2. The number of carbonyl (C=O) groups excluding carboxylic acids is 5. The maximum atomic E-state index is 13.6. The molecule has 4 N–H and O–H groups in total. The number of ketones is 1. The van der Waals surface area contributed by atoms with E-state index in [9.17, 15) is 24.0 Å². The fraction of sp³-hybridized carbons (Fsp3) is 0.750. The smallest absolute Gasteiger partial charge is 0.314 e. The molecular weight excluding hydrogens is 438 g/mol. The first-order valence-electron chi connectivity index (χ1n) is 12.2. The summed E-state index contributed by atoms with van der Waals surface area (Å²) in [5, 5.41) is 5.30. The van der Waals surface area contributed by atoms with E-state index < -0.39 is 47.2 Å². The van der Waals surface area contributed by atoms with E-state index in [1.165, 1.54) is 11.1 Å². The molecule has 0 aromatic heterocycles. The molecule has 190 valence electrons. The van der Waals surface area contributed by atoms with Gasteiger partial charge in [0.2, 0.25) is 17.6 Å². The molecule has 0 aromatic rings. The highest BCUT2D eigenvalue weighted by atomic mass is 16.2. The number of rotatable bonds is 9. The monoisotopic (exact) mass is 477 g/mol. The highest BCUT2D eigenvalue weighted by Gasteiger charge is 2.52. The fourth-order valence-corrected chi connectivity index (χ4v) is 5.09. The Morgan fingerprint density at radius 1 is 1.15 bits per heavy atom. The summed E-state index contributed by atoms with van der Waals surface area (Å²) in [6, 6.07) is -3.49. The normalized spacial score (nSPS) is 23.9. The van der Waals surface area contributed by atoms with Gasteiger partial charge in [0.05, 0.1) is 6.04 Å². The summed E-state index contributed by atoms with van der Waals surface area (Å²) in [4.78, 5) is 68.6. The number of unbranched alkanes of at least 4 members (excludes halogenated alkanes) is 1. The number of hydrogen-bond acceptors (Lipinski definition) is 5. The zero-order valence-corrected chi connectivity index (χ0v) is 20.9. The Bertz CT molecular complexity index is 834. The number of nitrogens with zero attached hydrogens (tertiary/aromatic N) is 2. The molecule has 0 aromatic carbocycles. The third-order valence-corrected chi connectivity index (χ3v) is 6.78. The molecule has 0 unspecified atom stereocenters. The quantitative estimate of drug-likeness (QED) is 0.340. The summed E-state index contributed by atoms with van der Waals surface area (Å²) in [5.74, 6) is -2.35. The van der Waals surface area contributed by atoms with Crippen LogP contribution in [-0.2, 0) is 19.2 Å². The minimum Gasteiger partial charge on any atom is -0.352 e. The average molecular weight is 478 g/mol. The van der Waals surface area contributed by atoms with Crippen molar-refractivity contribution in [1.82, 2.24) is 15.5 Å². The predicted molar refractivity (Wildman–Crippen MR) is 128 cm³/mol. The van der Waals surface area contributed by atoms with Crippen molar-refractivity contribution in [1.29, 1.82) is 0 Å². The summed E-state index contributed by atoms with van der Waals surface area (Å²) in [6.45, 7) is 9.35. The molecule has 2 fully saturated rings. The molecule has 1 heterocycles. The summed E-state index contributed by atoms with van der Waals surface area (Å²) in [6.07, 6.45) is 5.66. The number of nitrogens with one attached hydrogen (secondary N) is 2. The number of fused-ring (bicyclic) bond motifs is 1. The number of carbonyl (C=O) groups is 5. The third-order valence-electron chi connectivity index (χ3n) is 6.78. The van der Waals surface area contributed by atoms with Gasteiger partial charge in [-0.15, -0.1) is 0 Å². The number of likely N-dealkylation sites (tertiary alicyclic amines) is 1. The summed E-state index contributed by atoms with van der Waals surface area (Å²) < 4.78 is 0. The molecule has 0 radical (unpaired) electrons. The van der Waals surface area contributed by atoms with Crippen molar-refractivity contribution in [3.63, 3.8) is 0 Å². The first kappa shape index (κ1) is 27.5. The Hall–Kier alpha value is -2.78. The van der Waals surface area contributed by atoms with Crippen LogP contribution in [0.4, 0.5) is 4.79 Å². The molecule has 2 rings (SSSR count). The third kappa shape index (κ3) is 6.42. The van der Waals surface area contributed by atoms with Crippen LogP contribution >= 0.6 is 0 Å². The van der Waals surface area contributed by atoms with Crippen LogP contribution in [0.15, 0.2) is 4.99 Å². The fourth-order valence-electron chi connectivity index (χ4n) is 5.09. The van der Waals surface area contributed by atoms with Crippen LogP contribution in [0.1, 0.15) is 73.1 Å². The van der Waals surface area contributed by atoms with Gasteiger partial charge in [-0.05, 0) is 43.4 Å². The Labute approximate surface area is 201 Å². The van der Waals surface area contributed by atoms with Crippen LogP contribution in [-0.4, -0.2) is 65.3 Å². The molecule has 1 aliphatic heterocycles. The molecule has 5 atom stereocenters. The second kappa shape index (κ2) is 11.6. The van der Waals surface area contributed by atoms with Gasteiger partial charge < -0.3 is 21.3 Å². The van der Waals surface area contributed by atoms with E-state index in [4.69, 9.17) is 5.73 Å². The Kier molecular flexibility index (Phi) is 9.35. The average Bonchev–Trinajstić information content (AvgIpc) is 3.34. The van der Waals surface area contributed by atoms with E-state index in [0.717, 1.165) is 25.7 Å². The van der Waals surface area contributed by atoms with Crippen LogP contribution in [0, 0.1) is 17.3 Å². The van der Waals surface area contributed by atoms with Gasteiger partial charge in [0.1, 0.15) is 12.1 Å². The second-order valence-electron chi connectivity index (χ2n) is 10.4. The van der Waals surface area contributed by atoms with Gasteiger partial charge in [-0.25, -0.2) is 9.79 Å². The van der Waals surface area contributed by atoms with Gasteiger partial charge >= 0.3 is 11.9 Å². The standard InChI is InChI=1S/C24H39N5O5/c1-6-8-12-16(18(30)21(32)26-7-2)27-20(31)17-15-11-9-10-14(15)13-29(17)22(33)19(24(3,4)5)28-23(25)34/h7,14-17,19H,6,8-13H2,1-5H3,(H,27,31)(H3,25,28,34)/t14-,15-,16-,17-,19+/m0/s1. The second-order valence-corrected chi connectivity index (χ2v) is 10.4. The minimum atomic E-state index is -0.997. The number of hydrogen-bond donors (Lipinski definition) is 3. The van der Waals surface area contributed by atoms with Crippen molar-refractivity contribution in [3.05, 3.63) is 0 Å². The summed E-state index contributed by atoms with van der Waals surface area (Å²) in [7, 11) is 0. The van der Waals surface area contributed by atoms with Gasteiger partial charge in [0.15, 0.2) is 0 Å². The Morgan fingerprint density at radius 2 is 1.82 bits per heavy atom. The number of aliphatic imine (C=N–C) groups is 1. The molecule has 0 spiro atoms. The SMILES string of the molecule is CC=NC(=O)C(=O)[C@H](CCCC)NC(=O)[C@@H]1[C@H]2CCC[C@H]2CN1C(=O)[C@@H](NC(N)=O)C(C)(C)C. The van der Waals surface area contributed by atoms with E-state index in [1.54, 1.807) is 6.92 Å². The van der Waals surface area contributed by atoms with Crippen molar-refractivity contribution in [3.8, 4) is 0 Å². The number of Topliss-reactive ketones (excluding diaryl/α,β-unsaturated/α-hetero) is 1. The lowest BCUT2D eigenvalue weighted by atomic mass is 9.85. The highest BCUT2D eigenvalue weighted by molar-refractivity contribution is 6.39. The lowest BCUT2D eigenvalue weighted by molar-refractivity contribution is -0.144. The molecule has 1 saturated carbocycles. The zero-order valence-electron chi connectivity index (χ0n) is 20.9. The Balaban J connectivity index is 2.32. The van der Waals surface area contributed by atoms with Crippen molar-refractivity contribution in [2.24, 2.45) is 28.0 Å². The summed E-state index contributed by atoms with van der Waals surface area (Å²) >= 11 is 0. The van der Waals surface area contributed by atoms with Gasteiger partial charge in [-0.2, -0.15) is 0 Å². The van der Waals surface area contributed by atoms with E-state index in [2.05, 4.69) is 15.6 Å². The van der Waals surface area contributed by atoms with Crippen LogP contribution in [0.25, 0.3) is 0 Å². The van der Waals surface area contributed by atoms with E-state index in [-0.39, 0.29) is 17.7 Å². The van der Waals surface area contributed by atoms with Crippen LogP contribution in [0.3, 0.4) is 0 Å². The lowest BCUT2D eigenvalue weighted by Crippen LogP contribution is -2.60. The molecule has 10 nitrogen and oxygen atoms in total. The zero-order chi connectivity index (χ0) is 25.6. The number of nitrogens with two attached hydrogens (primary N) is 1. The molecule has 2 aliphatic rings. The Morgan fingerprint density at radius 3 is 2.38 bits per heavy atom. The number of amides is 5. The largest absolute Gasteiger partial charge is 0.352 e. The minimum absolute atomic E-state index is 0.0376. The highest BCUT2D eigenvalue weighted by Crippen LogP contribution is 2.43. The predicted octanol–water partition coefficient (Wildman–Crippen LogP) is 1.56. The maximum Gasteiger partial charge on any atom is 0.314 e. The van der Waals surface area contributed by atoms with Crippen LogP contribution < -0.4 is 16.4 Å². The van der Waals surface area contributed by atoms with E-state index >= 15 is 0 Å². The lowest BCUT2D eigenvalue weighted by Gasteiger charge is -2.36. The maximum absolute atomic E-state index is 13.6. The van der Waals surface area contributed by atoms with Crippen molar-refractivity contribution in [2.75, 3.05) is 6.54 Å². The van der Waals surface area contributed by atoms with Gasteiger partial charge in [-0.3, -0.25) is 19.2 Å². The molecular formula is C24H39N5O5. The van der Waals surface area contributed by atoms with Crippen molar-refractivity contribution in [2.45, 2.75) is 91.3 Å². The summed E-state index contributed by atoms with van der Waals surface area (Å²) in [5.41, 5.74) is 4.70. The molecule has 0 bridgehead atoms. The molecule has 10 heteroatoms. The van der Waals surface area contributed by atoms with Crippen LogP contribution in [0.2, 0.25) is 0 Å². The number of urea groups is 1. The van der Waals surface area contributed by atoms with Crippen LogP contribution in [0.5, 0.6) is 0 Å². The molecule has 1 aliphatic carbocycles. The molecule has 34 heavy (non-hydrogen) atoms. The van der Waals surface area contributed by atoms with E-state index in [1.807, 2.05) is 27.7 Å². The van der Waals surface area contributed by atoms with Crippen molar-refractivity contribution >= 4 is 35.8 Å². The van der Waals surface area contributed by atoms with Crippen molar-refractivity contribution < 1.29 is 24.0 Å². The van der Waals surface area contributed by atoms with Gasteiger partial charge in [-0.1, -0.05) is 47.0 Å². The van der Waals surface area contributed by atoms with E-state index in [0.29, 0.717) is 19.4 Å². The number of primary amides is 1. The topological polar surface area (TPSA) is 151 Å². The molecule has 5 amide bonds. The molecule has 1 saturated heterocycles. The first-order chi connectivity index (χ1) is 15.9. The van der Waals surface area contributed by atoms with Gasteiger partial charge in [0.25, 0.3) is 0 Å². The van der Waals surface area contributed by atoms with Gasteiger partial charge in [0, 0.05) is 12.8 Å².